The Morgan fingerprint density at radius 1 is 1.50 bits per heavy atom. The molecule has 1 atom stereocenters. The van der Waals surface area contributed by atoms with E-state index in [1.807, 2.05) is 11.7 Å². The normalized spacial score (nSPS) is 13.9. The number of methoxy groups -OCH3 is 1. The van der Waals surface area contributed by atoms with Crippen molar-refractivity contribution in [2.45, 2.75) is 52.2 Å². The molecule has 0 fully saturated rings. The second-order valence-corrected chi connectivity index (χ2v) is 5.46. The highest BCUT2D eigenvalue weighted by molar-refractivity contribution is 5.20. The van der Waals surface area contributed by atoms with Crippen LogP contribution in [0.1, 0.15) is 50.9 Å². The monoisotopic (exact) mass is 253 g/mol. The van der Waals surface area contributed by atoms with Gasteiger partial charge in [0.1, 0.15) is 0 Å². The van der Waals surface area contributed by atoms with Gasteiger partial charge in [-0.3, -0.25) is 4.68 Å². The van der Waals surface area contributed by atoms with Crippen molar-refractivity contribution in [3.8, 4) is 0 Å². The lowest BCUT2D eigenvalue weighted by atomic mass is 9.95. The van der Waals surface area contributed by atoms with Crippen molar-refractivity contribution < 1.29 is 4.74 Å². The van der Waals surface area contributed by atoms with Crippen molar-refractivity contribution in [1.82, 2.24) is 15.1 Å². The number of hydrogen-bond acceptors (Lipinski definition) is 3. The molecule has 1 aromatic heterocycles. The lowest BCUT2D eigenvalue weighted by Crippen LogP contribution is -2.27. The molecule has 1 rings (SSSR count). The minimum atomic E-state index is -0.0657. The highest BCUT2D eigenvalue weighted by Gasteiger charge is 2.21. The molecule has 0 aliphatic carbocycles. The van der Waals surface area contributed by atoms with E-state index in [1.54, 1.807) is 7.11 Å². The minimum absolute atomic E-state index is 0.0657. The minimum Gasteiger partial charge on any atom is -0.379 e. The maximum Gasteiger partial charge on any atom is 0.0641 e. The molecule has 0 radical (unpaired) electrons. The van der Waals surface area contributed by atoms with Crippen molar-refractivity contribution >= 4 is 0 Å². The molecular weight excluding hydrogens is 226 g/mol. The molecule has 1 N–H and O–H groups in total. The molecular formula is C14H27N3O. The van der Waals surface area contributed by atoms with Crippen LogP contribution in [0.15, 0.2) is 6.20 Å². The van der Waals surface area contributed by atoms with E-state index in [-0.39, 0.29) is 5.60 Å². The zero-order valence-corrected chi connectivity index (χ0v) is 12.6. The summed E-state index contributed by atoms with van der Waals surface area (Å²) >= 11 is 0. The fraction of sp³-hybridized carbons (Fsp3) is 0.786. The lowest BCUT2D eigenvalue weighted by molar-refractivity contribution is 0.0117. The smallest absolute Gasteiger partial charge is 0.0641 e. The second-order valence-electron chi connectivity index (χ2n) is 5.46. The maximum absolute atomic E-state index is 5.49. The van der Waals surface area contributed by atoms with Crippen molar-refractivity contribution in [1.29, 1.82) is 0 Å². The van der Waals surface area contributed by atoms with E-state index in [9.17, 15) is 0 Å². The Hall–Kier alpha value is -0.870. The maximum atomic E-state index is 5.49. The Morgan fingerprint density at radius 3 is 2.61 bits per heavy atom. The van der Waals surface area contributed by atoms with Crippen LogP contribution in [0, 0.1) is 6.92 Å². The molecule has 0 bridgehead atoms. The molecule has 1 unspecified atom stereocenters. The van der Waals surface area contributed by atoms with Crippen molar-refractivity contribution in [3.05, 3.63) is 17.5 Å². The molecule has 18 heavy (non-hydrogen) atoms. The van der Waals surface area contributed by atoms with Crippen LogP contribution < -0.4 is 5.32 Å². The van der Waals surface area contributed by atoms with E-state index in [0.29, 0.717) is 6.04 Å². The van der Waals surface area contributed by atoms with Crippen LogP contribution >= 0.6 is 0 Å². The molecule has 0 saturated carbocycles. The predicted molar refractivity (Wildman–Crippen MR) is 74.7 cm³/mol. The molecule has 104 valence electrons. The predicted octanol–water partition coefficient (Wildman–Crippen LogP) is 2.58. The van der Waals surface area contributed by atoms with Crippen LogP contribution in [-0.2, 0) is 11.8 Å². The molecule has 1 heterocycles. The molecule has 0 aliphatic heterocycles. The van der Waals surface area contributed by atoms with Gasteiger partial charge in [0.2, 0.25) is 0 Å². The van der Waals surface area contributed by atoms with Gasteiger partial charge in [-0.05, 0) is 40.2 Å². The lowest BCUT2D eigenvalue weighted by Gasteiger charge is -2.26. The number of aromatic nitrogens is 2. The summed E-state index contributed by atoms with van der Waals surface area (Å²) in [6, 6.07) is 0.359. The number of nitrogens with zero attached hydrogens (tertiary/aromatic N) is 2. The third-order valence-corrected chi connectivity index (χ3v) is 3.47. The summed E-state index contributed by atoms with van der Waals surface area (Å²) in [6.45, 7) is 9.44. The standard InChI is InChI=1S/C14H27N3O/c1-7-15-13(8-9-14(3,4)18-6)12-10-17(5)16-11(12)2/h10,13,15H,7-9H2,1-6H3. The van der Waals surface area contributed by atoms with E-state index in [1.165, 1.54) is 5.56 Å². The molecule has 1 aromatic rings. The van der Waals surface area contributed by atoms with Crippen LogP contribution in [0.2, 0.25) is 0 Å². The van der Waals surface area contributed by atoms with Crippen LogP contribution in [-0.4, -0.2) is 29.0 Å². The quantitative estimate of drug-likeness (QED) is 0.812. The summed E-state index contributed by atoms with van der Waals surface area (Å²) in [5.74, 6) is 0. The van der Waals surface area contributed by atoms with Gasteiger partial charge in [0, 0.05) is 32.0 Å². The Morgan fingerprint density at radius 2 is 2.17 bits per heavy atom. The fourth-order valence-corrected chi connectivity index (χ4v) is 2.17. The summed E-state index contributed by atoms with van der Waals surface area (Å²) in [7, 11) is 3.75. The summed E-state index contributed by atoms with van der Waals surface area (Å²) in [4.78, 5) is 0. The zero-order chi connectivity index (χ0) is 13.8. The van der Waals surface area contributed by atoms with Gasteiger partial charge in [0.05, 0.1) is 11.3 Å². The fourth-order valence-electron chi connectivity index (χ4n) is 2.17. The summed E-state index contributed by atoms with van der Waals surface area (Å²) in [6.07, 6.45) is 4.19. The Balaban J connectivity index is 2.74. The van der Waals surface area contributed by atoms with Gasteiger partial charge >= 0.3 is 0 Å². The summed E-state index contributed by atoms with van der Waals surface area (Å²) < 4.78 is 7.37. The second kappa shape index (κ2) is 6.34. The van der Waals surface area contributed by atoms with Crippen molar-refractivity contribution in [3.63, 3.8) is 0 Å². The Labute approximate surface area is 111 Å². The third-order valence-electron chi connectivity index (χ3n) is 3.47. The van der Waals surface area contributed by atoms with Crippen LogP contribution in [0.3, 0.4) is 0 Å². The van der Waals surface area contributed by atoms with Gasteiger partial charge in [-0.25, -0.2) is 0 Å². The SMILES string of the molecule is CCNC(CCC(C)(C)OC)c1cn(C)nc1C. The molecule has 0 amide bonds. The van der Waals surface area contributed by atoms with Gasteiger partial charge in [0.15, 0.2) is 0 Å². The number of nitrogens with one attached hydrogen (secondary N) is 1. The van der Waals surface area contributed by atoms with E-state index in [2.05, 4.69) is 44.3 Å². The van der Waals surface area contributed by atoms with Gasteiger partial charge in [-0.1, -0.05) is 6.92 Å². The van der Waals surface area contributed by atoms with Gasteiger partial charge in [-0.2, -0.15) is 5.10 Å². The molecule has 0 saturated heterocycles. The van der Waals surface area contributed by atoms with Crippen LogP contribution in [0.5, 0.6) is 0 Å². The summed E-state index contributed by atoms with van der Waals surface area (Å²) in [5, 5.41) is 7.97. The van der Waals surface area contributed by atoms with E-state index >= 15 is 0 Å². The van der Waals surface area contributed by atoms with Crippen molar-refractivity contribution in [2.24, 2.45) is 7.05 Å². The van der Waals surface area contributed by atoms with E-state index in [0.717, 1.165) is 25.1 Å². The average Bonchev–Trinajstić information content (AvgIpc) is 2.64. The number of aryl methyl sites for hydroxylation is 2. The highest BCUT2D eigenvalue weighted by atomic mass is 16.5. The first-order valence-corrected chi connectivity index (χ1v) is 6.68. The molecule has 4 heteroatoms. The molecule has 0 aromatic carbocycles. The number of rotatable bonds is 7. The first-order chi connectivity index (χ1) is 8.39. The van der Waals surface area contributed by atoms with Crippen LogP contribution in [0.25, 0.3) is 0 Å². The third kappa shape index (κ3) is 4.10. The van der Waals surface area contributed by atoms with Gasteiger partial charge in [0.25, 0.3) is 0 Å². The van der Waals surface area contributed by atoms with Crippen LogP contribution in [0.4, 0.5) is 0 Å². The molecule has 0 aliphatic rings. The van der Waals surface area contributed by atoms with Crippen molar-refractivity contribution in [2.75, 3.05) is 13.7 Å². The first kappa shape index (κ1) is 15.2. The highest BCUT2D eigenvalue weighted by Crippen LogP contribution is 2.25. The van der Waals surface area contributed by atoms with Gasteiger partial charge in [-0.15, -0.1) is 0 Å². The molecule has 0 spiro atoms. The largest absolute Gasteiger partial charge is 0.379 e. The topological polar surface area (TPSA) is 39.1 Å². The van der Waals surface area contributed by atoms with E-state index < -0.39 is 0 Å². The number of hydrogen-bond donors (Lipinski definition) is 1. The first-order valence-electron chi connectivity index (χ1n) is 6.68. The average molecular weight is 253 g/mol. The van der Waals surface area contributed by atoms with Gasteiger partial charge < -0.3 is 10.1 Å². The zero-order valence-electron chi connectivity index (χ0n) is 12.6. The Bertz CT molecular complexity index is 371. The van der Waals surface area contributed by atoms with E-state index in [4.69, 9.17) is 4.74 Å². The summed E-state index contributed by atoms with van der Waals surface area (Å²) in [5.41, 5.74) is 2.34. The Kier molecular flexibility index (Phi) is 5.35. The molecule has 4 nitrogen and oxygen atoms in total. The number of ether oxygens (including phenoxy) is 1.